The molecular formula is C31H33NO6S2. The first kappa shape index (κ1) is 29.3. The molecule has 0 saturated carbocycles. The van der Waals surface area contributed by atoms with E-state index in [1.165, 1.54) is 12.0 Å². The van der Waals surface area contributed by atoms with E-state index >= 15 is 0 Å². The molecule has 0 spiro atoms. The molecule has 0 bridgehead atoms. The second-order valence-electron chi connectivity index (χ2n) is 10.0. The molecule has 2 aromatic carbocycles. The largest absolute Gasteiger partial charge is 0.489 e. The molecule has 210 valence electrons. The number of hydrogen-bond donors (Lipinski definition) is 1. The van der Waals surface area contributed by atoms with Gasteiger partial charge in [0.1, 0.15) is 29.8 Å². The minimum atomic E-state index is -0.877. The quantitative estimate of drug-likeness (QED) is 0.146. The van der Waals surface area contributed by atoms with E-state index in [1.807, 2.05) is 53.9 Å². The van der Waals surface area contributed by atoms with E-state index in [9.17, 15) is 9.59 Å². The molecule has 7 nitrogen and oxygen atoms in total. The summed E-state index contributed by atoms with van der Waals surface area (Å²) in [6.07, 6.45) is 1.35. The minimum Gasteiger partial charge on any atom is -0.489 e. The minimum absolute atomic E-state index is 0.249. The van der Waals surface area contributed by atoms with E-state index < -0.39 is 23.7 Å². The summed E-state index contributed by atoms with van der Waals surface area (Å²) in [5.41, 5.74) is 2.26. The number of esters is 1. The van der Waals surface area contributed by atoms with Crippen molar-refractivity contribution in [3.05, 3.63) is 95.1 Å². The Morgan fingerprint density at radius 3 is 2.42 bits per heavy atom. The Bertz CT molecular complexity index is 1380. The van der Waals surface area contributed by atoms with Gasteiger partial charge in [0.15, 0.2) is 0 Å². The summed E-state index contributed by atoms with van der Waals surface area (Å²) in [5, 5.41) is 4.64. The fourth-order valence-electron chi connectivity index (χ4n) is 3.89. The number of thiophene rings is 1. The summed E-state index contributed by atoms with van der Waals surface area (Å²) < 4.78 is 22.3. The summed E-state index contributed by atoms with van der Waals surface area (Å²) in [4.78, 5) is 26.8. The van der Waals surface area contributed by atoms with E-state index in [0.29, 0.717) is 12.4 Å². The zero-order chi connectivity index (χ0) is 28.5. The van der Waals surface area contributed by atoms with Crippen molar-refractivity contribution in [3.8, 4) is 16.4 Å². The van der Waals surface area contributed by atoms with Crippen LogP contribution in [-0.4, -0.2) is 30.8 Å². The van der Waals surface area contributed by atoms with Crippen LogP contribution >= 0.6 is 23.1 Å². The molecule has 0 fully saturated rings. The lowest BCUT2D eigenvalue weighted by atomic mass is 10.1. The molecule has 2 aromatic heterocycles. The number of alkyl carbamates (subject to hydrolysis) is 1. The number of rotatable bonds is 11. The van der Waals surface area contributed by atoms with Crippen molar-refractivity contribution in [2.45, 2.75) is 56.1 Å². The number of furan rings is 1. The highest BCUT2D eigenvalue weighted by atomic mass is 32.2. The lowest BCUT2D eigenvalue weighted by Gasteiger charge is -2.22. The lowest BCUT2D eigenvalue weighted by Crippen LogP contribution is -2.45. The first-order valence-corrected chi connectivity index (χ1v) is 14.7. The summed E-state index contributed by atoms with van der Waals surface area (Å²) in [7, 11) is 1.29. The number of carbonyl (C=O) groups excluding carboxylic acids is 2. The number of methoxy groups -OCH3 is 1. The van der Waals surface area contributed by atoms with Gasteiger partial charge in [-0.25, -0.2) is 9.59 Å². The standard InChI is InChI=1S/C31H33NO6S2/c1-31(2,3)38-30(34)32-26(29(33)35-4)17-21-12-14-23(15-13-21)36-18-22-19-37-28(27-11-8-16-39-27)25(22)20-40-24-9-6-5-7-10-24/h5-16,19,26H,17-18,20H2,1-4H3,(H,32,34). The van der Waals surface area contributed by atoms with E-state index in [-0.39, 0.29) is 6.42 Å². The van der Waals surface area contributed by atoms with Crippen LogP contribution in [0.3, 0.4) is 0 Å². The molecule has 4 aromatic rings. The Kier molecular flexibility index (Phi) is 9.95. The normalized spacial score (nSPS) is 12.0. The smallest absolute Gasteiger partial charge is 0.408 e. The van der Waals surface area contributed by atoms with Gasteiger partial charge in [0.25, 0.3) is 0 Å². The zero-order valence-corrected chi connectivity index (χ0v) is 24.6. The van der Waals surface area contributed by atoms with E-state index in [0.717, 1.165) is 33.1 Å². The van der Waals surface area contributed by atoms with Crippen LogP contribution in [-0.2, 0) is 33.0 Å². The van der Waals surface area contributed by atoms with Crippen molar-refractivity contribution in [1.82, 2.24) is 5.32 Å². The van der Waals surface area contributed by atoms with Crippen LogP contribution in [0.1, 0.15) is 37.5 Å². The maximum atomic E-state index is 12.3. The van der Waals surface area contributed by atoms with Crippen molar-refractivity contribution in [1.29, 1.82) is 0 Å². The van der Waals surface area contributed by atoms with Crippen LogP contribution < -0.4 is 10.1 Å². The molecular weight excluding hydrogens is 546 g/mol. The van der Waals surface area contributed by atoms with Crippen molar-refractivity contribution < 1.29 is 28.2 Å². The molecule has 1 unspecified atom stereocenters. The Labute approximate surface area is 242 Å². The predicted octanol–water partition coefficient (Wildman–Crippen LogP) is 7.49. The molecule has 0 aliphatic heterocycles. The molecule has 1 atom stereocenters. The molecule has 1 amide bonds. The SMILES string of the molecule is COC(=O)C(Cc1ccc(OCc2coc(-c3cccs3)c2CSc2ccccc2)cc1)NC(=O)OC(C)(C)C. The van der Waals surface area contributed by atoms with Crippen molar-refractivity contribution >= 4 is 35.2 Å². The van der Waals surface area contributed by atoms with Gasteiger partial charge < -0.3 is 23.9 Å². The van der Waals surface area contributed by atoms with E-state index in [1.54, 1.807) is 50.1 Å². The maximum absolute atomic E-state index is 12.3. The number of nitrogens with one attached hydrogen (secondary N) is 1. The number of carbonyl (C=O) groups is 2. The van der Waals surface area contributed by atoms with Gasteiger partial charge in [-0.2, -0.15) is 0 Å². The summed E-state index contributed by atoms with van der Waals surface area (Å²) in [6.45, 7) is 5.63. The number of ether oxygens (including phenoxy) is 3. The number of amides is 1. The number of thioether (sulfide) groups is 1. The molecule has 4 rings (SSSR count). The fraction of sp³-hybridized carbons (Fsp3) is 0.290. The van der Waals surface area contributed by atoms with Gasteiger partial charge in [-0.3, -0.25) is 0 Å². The highest BCUT2D eigenvalue weighted by Gasteiger charge is 2.25. The van der Waals surface area contributed by atoms with Gasteiger partial charge >= 0.3 is 12.1 Å². The average Bonchev–Trinajstić information content (AvgIpc) is 3.60. The molecule has 40 heavy (non-hydrogen) atoms. The van der Waals surface area contributed by atoms with Crippen molar-refractivity contribution in [2.24, 2.45) is 0 Å². The van der Waals surface area contributed by atoms with Crippen molar-refractivity contribution in [3.63, 3.8) is 0 Å². The predicted molar refractivity (Wildman–Crippen MR) is 158 cm³/mol. The highest BCUT2D eigenvalue weighted by Crippen LogP contribution is 2.36. The Balaban J connectivity index is 1.41. The van der Waals surface area contributed by atoms with Crippen LogP contribution in [0.4, 0.5) is 4.79 Å². The molecule has 1 N–H and O–H groups in total. The van der Waals surface area contributed by atoms with E-state index in [2.05, 4.69) is 23.5 Å². The molecule has 2 heterocycles. The Hall–Kier alpha value is -3.69. The third kappa shape index (κ3) is 8.40. The lowest BCUT2D eigenvalue weighted by molar-refractivity contribution is -0.143. The zero-order valence-electron chi connectivity index (χ0n) is 23.0. The molecule has 0 saturated heterocycles. The summed E-state index contributed by atoms with van der Waals surface area (Å²) in [5.74, 6) is 1.76. The van der Waals surface area contributed by atoms with Crippen LogP contribution in [0.5, 0.6) is 5.75 Å². The van der Waals surface area contributed by atoms with Gasteiger partial charge in [-0.05, 0) is 62.0 Å². The van der Waals surface area contributed by atoms with Gasteiger partial charge in [0.05, 0.1) is 18.3 Å². The maximum Gasteiger partial charge on any atom is 0.408 e. The topological polar surface area (TPSA) is 87.0 Å². The number of hydrogen-bond acceptors (Lipinski definition) is 8. The van der Waals surface area contributed by atoms with Crippen molar-refractivity contribution in [2.75, 3.05) is 7.11 Å². The second-order valence-corrected chi connectivity index (χ2v) is 12.0. The number of benzene rings is 2. The van der Waals surface area contributed by atoms with Gasteiger partial charge in [0, 0.05) is 28.2 Å². The summed E-state index contributed by atoms with van der Waals surface area (Å²) >= 11 is 3.40. The Morgan fingerprint density at radius 1 is 1.02 bits per heavy atom. The van der Waals surface area contributed by atoms with Gasteiger partial charge in [-0.15, -0.1) is 23.1 Å². The average molecular weight is 580 g/mol. The molecule has 0 aliphatic rings. The van der Waals surface area contributed by atoms with Gasteiger partial charge in [0.2, 0.25) is 0 Å². The molecule has 0 radical (unpaired) electrons. The van der Waals surface area contributed by atoms with E-state index in [4.69, 9.17) is 18.6 Å². The van der Waals surface area contributed by atoms with Gasteiger partial charge in [-0.1, -0.05) is 36.4 Å². The van der Waals surface area contributed by atoms with Crippen LogP contribution in [0.25, 0.3) is 10.6 Å². The van der Waals surface area contributed by atoms with Crippen LogP contribution in [0.2, 0.25) is 0 Å². The highest BCUT2D eigenvalue weighted by molar-refractivity contribution is 7.98. The first-order valence-electron chi connectivity index (χ1n) is 12.8. The second kappa shape index (κ2) is 13.6. The monoisotopic (exact) mass is 579 g/mol. The summed E-state index contributed by atoms with van der Waals surface area (Å²) in [6, 6.07) is 20.9. The molecule has 0 aliphatic carbocycles. The van der Waals surface area contributed by atoms with Crippen LogP contribution in [0.15, 0.2) is 87.7 Å². The van der Waals surface area contributed by atoms with Crippen LogP contribution in [0, 0.1) is 0 Å². The third-order valence-electron chi connectivity index (χ3n) is 5.79. The fourth-order valence-corrected chi connectivity index (χ4v) is 5.60. The molecule has 9 heteroatoms. The first-order chi connectivity index (χ1) is 19.2. The Morgan fingerprint density at radius 2 is 1.77 bits per heavy atom. The third-order valence-corrected chi connectivity index (χ3v) is 7.69.